The molecule has 0 unspecified atom stereocenters. The fourth-order valence-corrected chi connectivity index (χ4v) is 4.73. The van der Waals surface area contributed by atoms with Gasteiger partial charge in [-0.1, -0.05) is 23.7 Å². The number of amides is 2. The van der Waals surface area contributed by atoms with E-state index >= 15 is 0 Å². The van der Waals surface area contributed by atoms with Crippen LogP contribution in [0, 0.1) is 12.7 Å². The number of aromatic nitrogens is 4. The summed E-state index contributed by atoms with van der Waals surface area (Å²) in [6.45, 7) is 1.83. The van der Waals surface area contributed by atoms with E-state index < -0.39 is 23.6 Å². The van der Waals surface area contributed by atoms with Gasteiger partial charge in [-0.25, -0.2) is 14.2 Å². The zero-order valence-electron chi connectivity index (χ0n) is 19.5. The second-order valence-electron chi connectivity index (χ2n) is 8.63. The van der Waals surface area contributed by atoms with E-state index in [1.165, 1.54) is 35.0 Å². The molecule has 0 saturated heterocycles. The molecule has 188 valence electrons. The first-order chi connectivity index (χ1) is 17.7. The quantitative estimate of drug-likeness (QED) is 0.353. The number of fused-ring (bicyclic) bond motifs is 2. The number of carbonyl (C=O) groups excluding carboxylic acids is 2. The van der Waals surface area contributed by atoms with Crippen LogP contribution in [0.25, 0.3) is 5.78 Å². The summed E-state index contributed by atoms with van der Waals surface area (Å²) < 4.78 is 14.8. The van der Waals surface area contributed by atoms with Crippen molar-refractivity contribution in [2.45, 2.75) is 32.4 Å². The minimum atomic E-state index is -0.993. The molecule has 37 heavy (non-hydrogen) atoms. The van der Waals surface area contributed by atoms with Crippen LogP contribution < -0.4 is 10.6 Å². The van der Waals surface area contributed by atoms with Gasteiger partial charge in [-0.15, -0.1) is 10.2 Å². The molecule has 0 fully saturated rings. The van der Waals surface area contributed by atoms with Gasteiger partial charge in [0.2, 0.25) is 0 Å². The van der Waals surface area contributed by atoms with Crippen LogP contribution in [0.5, 0.6) is 0 Å². The first-order valence-corrected chi connectivity index (χ1v) is 11.7. The summed E-state index contributed by atoms with van der Waals surface area (Å²) in [6, 6.07) is 8.39. The van der Waals surface area contributed by atoms with E-state index in [1.807, 2.05) is 0 Å². The van der Waals surface area contributed by atoms with E-state index in [0.29, 0.717) is 24.0 Å². The standard InChI is InChI=1S/C25H20ClFN6O4/c1-12-14-5-7-19(16(14)4-3-15(12)24(36)37)30-23(35)21-9-20(31-25-32-29-11-33(21)25)22(34)28-10-13-2-6-18(27)17(26)8-13/h2-4,6,8-9,11,19H,5,7,10H2,1H3,(H,28,34)(H,30,35)(H,36,37)/t19-/m0/s1. The Bertz CT molecular complexity index is 1590. The van der Waals surface area contributed by atoms with Crippen molar-refractivity contribution in [3.8, 4) is 0 Å². The Morgan fingerprint density at radius 2 is 2.00 bits per heavy atom. The lowest BCUT2D eigenvalue weighted by molar-refractivity contribution is 0.0695. The molecule has 4 aromatic rings. The van der Waals surface area contributed by atoms with E-state index in [9.17, 15) is 23.9 Å². The van der Waals surface area contributed by atoms with Gasteiger partial charge in [-0.3, -0.25) is 14.0 Å². The van der Waals surface area contributed by atoms with Crippen molar-refractivity contribution in [1.82, 2.24) is 30.2 Å². The predicted molar refractivity (Wildman–Crippen MR) is 130 cm³/mol. The van der Waals surface area contributed by atoms with Crippen molar-refractivity contribution in [3.05, 3.63) is 92.8 Å². The molecule has 1 aliphatic rings. The van der Waals surface area contributed by atoms with E-state index in [-0.39, 0.29) is 40.3 Å². The van der Waals surface area contributed by atoms with Crippen LogP contribution in [0.4, 0.5) is 4.39 Å². The summed E-state index contributed by atoms with van der Waals surface area (Å²) in [5.74, 6) is -2.52. The molecule has 2 amide bonds. The number of carboxylic acids is 1. The monoisotopic (exact) mass is 522 g/mol. The van der Waals surface area contributed by atoms with E-state index in [1.54, 1.807) is 19.1 Å². The van der Waals surface area contributed by atoms with Crippen molar-refractivity contribution in [2.75, 3.05) is 0 Å². The number of nitrogens with one attached hydrogen (secondary N) is 2. The number of halogens is 2. The van der Waals surface area contributed by atoms with Gasteiger partial charge >= 0.3 is 5.97 Å². The van der Waals surface area contributed by atoms with Crippen LogP contribution in [0.1, 0.15) is 66.1 Å². The predicted octanol–water partition coefficient (Wildman–Crippen LogP) is 3.27. The molecule has 12 heteroatoms. The van der Waals surface area contributed by atoms with Crippen LogP contribution in [-0.2, 0) is 13.0 Å². The molecule has 10 nitrogen and oxygen atoms in total. The maximum atomic E-state index is 13.4. The van der Waals surface area contributed by atoms with Gasteiger partial charge in [-0.2, -0.15) is 0 Å². The Hall–Kier alpha value is -4.38. The third kappa shape index (κ3) is 4.60. The topological polar surface area (TPSA) is 139 Å². The molecule has 1 aliphatic carbocycles. The largest absolute Gasteiger partial charge is 0.478 e. The third-order valence-corrected chi connectivity index (χ3v) is 6.70. The molecule has 1 atom stereocenters. The lowest BCUT2D eigenvalue weighted by atomic mass is 9.98. The van der Waals surface area contributed by atoms with Gasteiger partial charge < -0.3 is 15.7 Å². The average Bonchev–Trinajstić information content (AvgIpc) is 3.51. The molecule has 2 aromatic heterocycles. The zero-order chi connectivity index (χ0) is 26.3. The van der Waals surface area contributed by atoms with Crippen LogP contribution in [0.2, 0.25) is 5.02 Å². The summed E-state index contributed by atoms with van der Waals surface area (Å²) in [7, 11) is 0. The minimum Gasteiger partial charge on any atom is -0.478 e. The third-order valence-electron chi connectivity index (χ3n) is 6.41. The van der Waals surface area contributed by atoms with Crippen molar-refractivity contribution in [1.29, 1.82) is 0 Å². The fourth-order valence-electron chi connectivity index (χ4n) is 4.52. The molecule has 0 aliphatic heterocycles. The summed E-state index contributed by atoms with van der Waals surface area (Å²) in [6.07, 6.45) is 2.56. The number of benzene rings is 2. The Morgan fingerprint density at radius 1 is 1.19 bits per heavy atom. The van der Waals surface area contributed by atoms with Crippen LogP contribution >= 0.6 is 11.6 Å². The number of aromatic carboxylic acids is 1. The Morgan fingerprint density at radius 3 is 2.76 bits per heavy atom. The SMILES string of the molecule is Cc1c(C(=O)O)ccc2c1CC[C@@H]2NC(=O)c1cc(C(=O)NCc2ccc(F)c(Cl)c2)nc2nncn12. The molecule has 5 rings (SSSR count). The summed E-state index contributed by atoms with van der Waals surface area (Å²) in [4.78, 5) is 41.8. The highest BCUT2D eigenvalue weighted by Crippen LogP contribution is 2.35. The van der Waals surface area contributed by atoms with Crippen LogP contribution in [0.15, 0.2) is 42.7 Å². The van der Waals surface area contributed by atoms with Gasteiger partial charge in [0, 0.05) is 6.54 Å². The highest BCUT2D eigenvalue weighted by atomic mass is 35.5. The molecule has 2 heterocycles. The van der Waals surface area contributed by atoms with Crippen molar-refractivity contribution >= 4 is 35.2 Å². The lowest BCUT2D eigenvalue weighted by Crippen LogP contribution is -2.30. The maximum absolute atomic E-state index is 13.4. The van der Waals surface area contributed by atoms with E-state index in [2.05, 4.69) is 25.8 Å². The molecular formula is C25H20ClFN6O4. The first-order valence-electron chi connectivity index (χ1n) is 11.3. The van der Waals surface area contributed by atoms with Crippen LogP contribution in [-0.4, -0.2) is 42.5 Å². The molecule has 3 N–H and O–H groups in total. The molecular weight excluding hydrogens is 503 g/mol. The van der Waals surface area contributed by atoms with Gasteiger partial charge in [0.25, 0.3) is 17.6 Å². The fraction of sp³-hybridized carbons (Fsp3) is 0.200. The molecule has 2 aromatic carbocycles. The number of carbonyl (C=O) groups is 3. The van der Waals surface area contributed by atoms with Crippen molar-refractivity contribution < 1.29 is 23.9 Å². The molecule has 0 spiro atoms. The van der Waals surface area contributed by atoms with E-state index in [0.717, 1.165) is 11.1 Å². The highest BCUT2D eigenvalue weighted by molar-refractivity contribution is 6.30. The van der Waals surface area contributed by atoms with Crippen LogP contribution in [0.3, 0.4) is 0 Å². The Balaban J connectivity index is 1.37. The number of hydrogen-bond donors (Lipinski definition) is 3. The number of hydrogen-bond acceptors (Lipinski definition) is 6. The minimum absolute atomic E-state index is 0.0485. The summed E-state index contributed by atoms with van der Waals surface area (Å²) >= 11 is 5.80. The summed E-state index contributed by atoms with van der Waals surface area (Å²) in [5.41, 5.74) is 3.35. The summed E-state index contributed by atoms with van der Waals surface area (Å²) in [5, 5.41) is 22.6. The Kier molecular flexibility index (Phi) is 6.30. The van der Waals surface area contributed by atoms with Gasteiger partial charge in [0.05, 0.1) is 16.6 Å². The first kappa shape index (κ1) is 24.3. The lowest BCUT2D eigenvalue weighted by Gasteiger charge is -2.16. The van der Waals surface area contributed by atoms with Crippen molar-refractivity contribution in [3.63, 3.8) is 0 Å². The second-order valence-corrected chi connectivity index (χ2v) is 9.04. The maximum Gasteiger partial charge on any atom is 0.335 e. The van der Waals surface area contributed by atoms with Gasteiger partial charge in [0.1, 0.15) is 23.5 Å². The second kappa shape index (κ2) is 9.58. The Labute approximate surface area is 214 Å². The smallest absolute Gasteiger partial charge is 0.335 e. The number of rotatable bonds is 6. The van der Waals surface area contributed by atoms with E-state index in [4.69, 9.17) is 11.6 Å². The zero-order valence-corrected chi connectivity index (χ0v) is 20.2. The normalized spacial score (nSPS) is 14.4. The highest BCUT2D eigenvalue weighted by Gasteiger charge is 2.28. The number of carboxylic acid groups (broad SMARTS) is 1. The van der Waals surface area contributed by atoms with Crippen molar-refractivity contribution in [2.24, 2.45) is 0 Å². The number of nitrogens with zero attached hydrogens (tertiary/aromatic N) is 4. The molecule has 0 bridgehead atoms. The van der Waals surface area contributed by atoms with Gasteiger partial charge in [-0.05, 0) is 66.3 Å². The molecule has 0 saturated carbocycles. The average molecular weight is 523 g/mol. The molecule has 0 radical (unpaired) electrons. The van der Waals surface area contributed by atoms with Gasteiger partial charge in [0.15, 0.2) is 0 Å².